The predicted octanol–water partition coefficient (Wildman–Crippen LogP) is 4.55. The van der Waals surface area contributed by atoms with E-state index in [4.69, 9.17) is 0 Å². The molecule has 29 heavy (non-hydrogen) atoms. The van der Waals surface area contributed by atoms with E-state index in [0.717, 1.165) is 26.4 Å². The Morgan fingerprint density at radius 1 is 0.862 bits per heavy atom. The summed E-state index contributed by atoms with van der Waals surface area (Å²) in [6.07, 6.45) is 1.57. The molecule has 144 valence electrons. The molecule has 2 aromatic carbocycles. The third-order valence-corrected chi connectivity index (χ3v) is 5.36. The maximum absolute atomic E-state index is 12.1. The van der Waals surface area contributed by atoms with Crippen LogP contribution in [0, 0.1) is 13.8 Å². The SMILES string of the molecule is Cc1ccnc(NC(=O)C(=O)Nc2ccc(-c3nc4ccc(C)cc4s3)cc2)c1. The first kappa shape index (κ1) is 18.8. The number of thiazole rings is 1. The van der Waals surface area contributed by atoms with Crippen LogP contribution in [-0.2, 0) is 9.59 Å². The predicted molar refractivity (Wildman–Crippen MR) is 116 cm³/mol. The van der Waals surface area contributed by atoms with Gasteiger partial charge in [0.15, 0.2) is 0 Å². The van der Waals surface area contributed by atoms with E-state index < -0.39 is 11.8 Å². The summed E-state index contributed by atoms with van der Waals surface area (Å²) in [5, 5.41) is 5.99. The lowest BCUT2D eigenvalue weighted by Gasteiger charge is -2.07. The van der Waals surface area contributed by atoms with Crippen LogP contribution in [-0.4, -0.2) is 21.8 Å². The van der Waals surface area contributed by atoms with E-state index >= 15 is 0 Å². The van der Waals surface area contributed by atoms with Gasteiger partial charge < -0.3 is 10.6 Å². The molecule has 0 radical (unpaired) electrons. The number of aromatic nitrogens is 2. The summed E-state index contributed by atoms with van der Waals surface area (Å²) < 4.78 is 1.14. The second-order valence-electron chi connectivity index (χ2n) is 6.69. The topological polar surface area (TPSA) is 84.0 Å². The molecule has 0 aliphatic rings. The summed E-state index contributed by atoms with van der Waals surface area (Å²) >= 11 is 1.62. The van der Waals surface area contributed by atoms with Crippen LogP contribution < -0.4 is 10.6 Å². The van der Waals surface area contributed by atoms with E-state index in [0.29, 0.717) is 11.5 Å². The molecule has 4 aromatic rings. The lowest BCUT2D eigenvalue weighted by atomic mass is 10.2. The highest BCUT2D eigenvalue weighted by Crippen LogP contribution is 2.31. The monoisotopic (exact) mass is 402 g/mol. The summed E-state index contributed by atoms with van der Waals surface area (Å²) in [6.45, 7) is 3.94. The van der Waals surface area contributed by atoms with Crippen LogP contribution in [0.15, 0.2) is 60.8 Å². The van der Waals surface area contributed by atoms with Gasteiger partial charge in [0.25, 0.3) is 0 Å². The minimum Gasteiger partial charge on any atom is -0.318 e. The maximum atomic E-state index is 12.1. The van der Waals surface area contributed by atoms with Gasteiger partial charge in [0.05, 0.1) is 10.2 Å². The number of nitrogens with one attached hydrogen (secondary N) is 2. The Kier molecular flexibility index (Phi) is 5.05. The Bertz CT molecular complexity index is 1220. The lowest BCUT2D eigenvalue weighted by Crippen LogP contribution is -2.29. The molecular formula is C22H18N4O2S. The number of anilines is 2. The van der Waals surface area contributed by atoms with Crippen molar-refractivity contribution in [3.05, 3.63) is 71.9 Å². The van der Waals surface area contributed by atoms with Gasteiger partial charge in [0.1, 0.15) is 10.8 Å². The van der Waals surface area contributed by atoms with E-state index in [-0.39, 0.29) is 0 Å². The molecular weight excluding hydrogens is 384 g/mol. The van der Waals surface area contributed by atoms with Gasteiger partial charge in [-0.1, -0.05) is 6.07 Å². The number of fused-ring (bicyclic) bond motifs is 1. The number of hydrogen-bond acceptors (Lipinski definition) is 5. The van der Waals surface area contributed by atoms with Gasteiger partial charge in [0.2, 0.25) is 0 Å². The Morgan fingerprint density at radius 2 is 1.59 bits per heavy atom. The van der Waals surface area contributed by atoms with Crippen LogP contribution in [0.1, 0.15) is 11.1 Å². The normalized spacial score (nSPS) is 10.7. The van der Waals surface area contributed by atoms with Crippen molar-refractivity contribution in [2.24, 2.45) is 0 Å². The quantitative estimate of drug-likeness (QED) is 0.492. The van der Waals surface area contributed by atoms with E-state index in [9.17, 15) is 9.59 Å². The minimum absolute atomic E-state index is 0.339. The van der Waals surface area contributed by atoms with Gasteiger partial charge in [-0.3, -0.25) is 9.59 Å². The van der Waals surface area contributed by atoms with Crippen LogP contribution in [0.4, 0.5) is 11.5 Å². The van der Waals surface area contributed by atoms with Crippen LogP contribution in [0.2, 0.25) is 0 Å². The molecule has 2 aromatic heterocycles. The fourth-order valence-electron chi connectivity index (χ4n) is 2.82. The fourth-order valence-corrected chi connectivity index (χ4v) is 3.89. The third-order valence-electron chi connectivity index (χ3n) is 4.30. The van der Waals surface area contributed by atoms with Crippen molar-refractivity contribution in [1.29, 1.82) is 0 Å². The van der Waals surface area contributed by atoms with Crippen molar-refractivity contribution in [3.8, 4) is 10.6 Å². The zero-order chi connectivity index (χ0) is 20.4. The summed E-state index contributed by atoms with van der Waals surface area (Å²) in [7, 11) is 0. The third kappa shape index (κ3) is 4.30. The molecule has 0 saturated carbocycles. The first-order valence-electron chi connectivity index (χ1n) is 9.00. The number of carbonyl (C=O) groups excluding carboxylic acids is 2. The molecule has 2 heterocycles. The van der Waals surface area contributed by atoms with Crippen molar-refractivity contribution >= 4 is 44.9 Å². The molecule has 2 N–H and O–H groups in total. The Hall–Kier alpha value is -3.58. The number of amides is 2. The highest BCUT2D eigenvalue weighted by atomic mass is 32.1. The zero-order valence-electron chi connectivity index (χ0n) is 15.9. The molecule has 0 aliphatic heterocycles. The first-order valence-corrected chi connectivity index (χ1v) is 9.82. The second-order valence-corrected chi connectivity index (χ2v) is 7.72. The maximum Gasteiger partial charge on any atom is 0.315 e. The highest BCUT2D eigenvalue weighted by molar-refractivity contribution is 7.21. The summed E-state index contributed by atoms with van der Waals surface area (Å²) in [5.74, 6) is -1.18. The van der Waals surface area contributed by atoms with Crippen molar-refractivity contribution in [3.63, 3.8) is 0 Å². The van der Waals surface area contributed by atoms with Gasteiger partial charge in [-0.15, -0.1) is 11.3 Å². The van der Waals surface area contributed by atoms with Gasteiger partial charge in [-0.05, 0) is 73.5 Å². The molecule has 0 unspecified atom stereocenters. The molecule has 0 aliphatic carbocycles. The van der Waals surface area contributed by atoms with Crippen LogP contribution >= 0.6 is 11.3 Å². The fraction of sp³-hybridized carbons (Fsp3) is 0.0909. The molecule has 0 spiro atoms. The largest absolute Gasteiger partial charge is 0.318 e. The molecule has 6 nitrogen and oxygen atoms in total. The van der Waals surface area contributed by atoms with E-state index in [1.54, 1.807) is 35.7 Å². The van der Waals surface area contributed by atoms with E-state index in [2.05, 4.69) is 33.6 Å². The number of nitrogens with zero attached hydrogens (tertiary/aromatic N) is 2. The average molecular weight is 402 g/mol. The lowest BCUT2D eigenvalue weighted by molar-refractivity contribution is -0.133. The minimum atomic E-state index is -0.770. The Balaban J connectivity index is 1.44. The van der Waals surface area contributed by atoms with Crippen molar-refractivity contribution in [1.82, 2.24) is 9.97 Å². The summed E-state index contributed by atoms with van der Waals surface area (Å²) in [4.78, 5) is 32.9. The van der Waals surface area contributed by atoms with E-state index in [1.807, 2.05) is 37.3 Å². The molecule has 7 heteroatoms. The van der Waals surface area contributed by atoms with Gasteiger partial charge >= 0.3 is 11.8 Å². The number of hydrogen-bond donors (Lipinski definition) is 2. The molecule has 2 amide bonds. The van der Waals surface area contributed by atoms with Crippen LogP contribution in [0.3, 0.4) is 0 Å². The summed E-state index contributed by atoms with van der Waals surface area (Å²) in [5.41, 5.74) is 4.59. The first-order chi connectivity index (χ1) is 14.0. The van der Waals surface area contributed by atoms with Crippen LogP contribution in [0.25, 0.3) is 20.8 Å². The van der Waals surface area contributed by atoms with Gasteiger partial charge in [0, 0.05) is 17.4 Å². The molecule has 0 fully saturated rings. The van der Waals surface area contributed by atoms with Gasteiger partial charge in [-0.2, -0.15) is 0 Å². The van der Waals surface area contributed by atoms with E-state index in [1.165, 1.54) is 5.56 Å². The average Bonchev–Trinajstić information content (AvgIpc) is 3.11. The molecule has 4 rings (SSSR count). The standard InChI is InChI=1S/C22H18N4O2S/c1-13-3-8-17-18(11-13)29-22(25-17)15-4-6-16(7-5-15)24-20(27)21(28)26-19-12-14(2)9-10-23-19/h3-12H,1-2H3,(H,24,27)(H,23,26,28). The smallest absolute Gasteiger partial charge is 0.315 e. The second kappa shape index (κ2) is 7.81. The molecule has 0 bridgehead atoms. The zero-order valence-corrected chi connectivity index (χ0v) is 16.7. The van der Waals surface area contributed by atoms with Gasteiger partial charge in [-0.25, -0.2) is 9.97 Å². The van der Waals surface area contributed by atoms with Crippen molar-refractivity contribution in [2.75, 3.05) is 10.6 Å². The molecule has 0 saturated heterocycles. The number of aryl methyl sites for hydroxylation is 2. The Labute approximate surface area is 171 Å². The number of pyridine rings is 1. The Morgan fingerprint density at radius 3 is 2.34 bits per heavy atom. The van der Waals surface area contributed by atoms with Crippen molar-refractivity contribution in [2.45, 2.75) is 13.8 Å². The molecule has 0 atom stereocenters. The number of benzene rings is 2. The highest BCUT2D eigenvalue weighted by Gasteiger charge is 2.15. The number of carbonyl (C=O) groups is 2. The van der Waals surface area contributed by atoms with Crippen LogP contribution in [0.5, 0.6) is 0 Å². The van der Waals surface area contributed by atoms with Crippen molar-refractivity contribution < 1.29 is 9.59 Å². The summed E-state index contributed by atoms with van der Waals surface area (Å²) in [6, 6.07) is 16.9. The number of rotatable bonds is 3.